The zero-order chi connectivity index (χ0) is 35.6. The number of allylic oxidation sites excluding steroid dienone is 4. The molecule has 3 aliphatic rings. The van der Waals surface area contributed by atoms with Crippen LogP contribution in [0.5, 0.6) is 0 Å². The van der Waals surface area contributed by atoms with E-state index in [4.69, 9.17) is 0 Å². The van der Waals surface area contributed by atoms with E-state index in [1.807, 2.05) is 3.71 Å². The van der Waals surface area contributed by atoms with Crippen molar-refractivity contribution in [1.29, 1.82) is 0 Å². The van der Waals surface area contributed by atoms with Gasteiger partial charge in [-0.05, 0) is 58.4 Å². The molecule has 0 atom stereocenters. The fraction of sp³-hybridized carbons (Fsp3) is 0.364. The summed E-state index contributed by atoms with van der Waals surface area (Å²) in [7, 11) is 0. The van der Waals surface area contributed by atoms with Gasteiger partial charge in [0.05, 0.1) is 0 Å². The van der Waals surface area contributed by atoms with Gasteiger partial charge in [0.25, 0.3) is 0 Å². The molecule has 6 heteroatoms. The molecule has 0 N–H and O–H groups in total. The molecule has 0 aliphatic heterocycles. The molecule has 50 heavy (non-hydrogen) atoms. The first-order valence-corrected chi connectivity index (χ1v) is 18.1. The van der Waals surface area contributed by atoms with E-state index in [0.29, 0.717) is 5.41 Å². The Morgan fingerprint density at radius 2 is 1.30 bits per heavy atom. The van der Waals surface area contributed by atoms with Gasteiger partial charge in [0.2, 0.25) is 0 Å². The summed E-state index contributed by atoms with van der Waals surface area (Å²) in [5.74, 6) is 0. The van der Waals surface area contributed by atoms with Crippen molar-refractivity contribution in [1.82, 2.24) is 0 Å². The Morgan fingerprint density at radius 3 is 1.76 bits per heavy atom. The first-order chi connectivity index (χ1) is 22.1. The number of halogens is 5. The number of alkyl halides is 3. The molecule has 0 nitrogen and oxygen atoms in total. The molecule has 7 rings (SSSR count). The standard InChI is InChI=1S/C25H25.C11H17.C8H5F3.2ClH.Zr/c1-14-12-24(3,4)22-8-16-7-17-9-23-19(15(2)13-25(23,5)6)11-21(17)20(16)10-18(14)22;1-8-6-9(2)10(7-8)11(3,4)5;1-6-2-4-7(5-3-6)8(9,10)11;;;/h8-12H,7H2,1-6H3;6-7H,1-5H3;1-5H;2*1H;/q2*-1;;;;+2/p-2. The fourth-order valence-electron chi connectivity index (χ4n) is 7.65. The fourth-order valence-corrected chi connectivity index (χ4v) is 8.13. The maximum absolute atomic E-state index is 12.0. The van der Waals surface area contributed by atoms with Gasteiger partial charge in [0.15, 0.2) is 0 Å². The summed E-state index contributed by atoms with van der Waals surface area (Å²) in [4.78, 5) is 0. The third-order valence-electron chi connectivity index (χ3n) is 9.89. The topological polar surface area (TPSA) is 0 Å². The van der Waals surface area contributed by atoms with Crippen molar-refractivity contribution < 1.29 is 62.2 Å². The van der Waals surface area contributed by atoms with E-state index in [1.54, 1.807) is 0 Å². The van der Waals surface area contributed by atoms with Crippen molar-refractivity contribution in [2.24, 2.45) is 0 Å². The maximum atomic E-state index is 12.0. The summed E-state index contributed by atoms with van der Waals surface area (Å²) in [5, 5.41) is 0. The van der Waals surface area contributed by atoms with Crippen molar-refractivity contribution >= 4 is 14.9 Å². The Hall–Kier alpha value is -2.39. The van der Waals surface area contributed by atoms with Gasteiger partial charge in [-0.1, -0.05) is 98.3 Å². The maximum Gasteiger partial charge on any atom is -1.00 e. The summed E-state index contributed by atoms with van der Waals surface area (Å²) in [6, 6.07) is 19.5. The largest absolute Gasteiger partial charge is 1.00 e. The normalized spacial score (nSPS) is 15.7. The SMILES string of the molecule is CC1=[C-]C(C)(C)c2cc3c(cc21)-c1cc2c(cc1C3)C(C)(C)C=C2C.Cc1cc(C(C)(C)C)c(C)[cH-]1.FC(F)(F)c1ccc([CH]=[Zr+2])cc1.[Cl-].[Cl-]. The predicted molar refractivity (Wildman–Crippen MR) is 194 cm³/mol. The number of aryl methyl sites for hydroxylation is 2. The van der Waals surface area contributed by atoms with Crippen molar-refractivity contribution in [2.45, 2.75) is 105 Å². The van der Waals surface area contributed by atoms with Crippen LogP contribution in [0, 0.1) is 19.9 Å². The van der Waals surface area contributed by atoms with Crippen LogP contribution in [0.2, 0.25) is 0 Å². The minimum atomic E-state index is -4.22. The minimum Gasteiger partial charge on any atom is -1.00 e. The van der Waals surface area contributed by atoms with E-state index in [2.05, 4.69) is 125 Å². The van der Waals surface area contributed by atoms with Gasteiger partial charge in [-0.2, -0.15) is 28.3 Å². The summed E-state index contributed by atoms with van der Waals surface area (Å²) < 4.78 is 37.9. The third-order valence-corrected chi connectivity index (χ3v) is 10.7. The number of fused-ring (bicyclic) bond motifs is 5. The van der Waals surface area contributed by atoms with Gasteiger partial charge in [-0.3, -0.25) is 6.08 Å². The second-order valence-electron chi connectivity index (χ2n) is 15.9. The molecule has 0 amide bonds. The van der Waals surface area contributed by atoms with E-state index >= 15 is 0 Å². The first kappa shape index (κ1) is 42.0. The second-order valence-corrected chi connectivity index (χ2v) is 16.6. The van der Waals surface area contributed by atoms with E-state index in [0.717, 1.165) is 24.1 Å². The minimum absolute atomic E-state index is 0. The van der Waals surface area contributed by atoms with Crippen molar-refractivity contribution in [3.05, 3.63) is 134 Å². The average Bonchev–Trinajstić information content (AvgIpc) is 3.65. The number of benzene rings is 3. The third kappa shape index (κ3) is 8.46. The smallest absolute Gasteiger partial charge is 1.00 e. The summed E-state index contributed by atoms with van der Waals surface area (Å²) in [5.41, 5.74) is 19.4. The molecule has 3 aliphatic carbocycles. The van der Waals surface area contributed by atoms with E-state index in [-0.39, 0.29) is 35.6 Å². The Morgan fingerprint density at radius 1 is 0.760 bits per heavy atom. The van der Waals surface area contributed by atoms with Crippen molar-refractivity contribution in [3.8, 4) is 11.1 Å². The summed E-state index contributed by atoms with van der Waals surface area (Å²) in [6.07, 6.45) is 2.91. The monoisotopic (exact) mass is 792 g/mol. The molecule has 0 spiro atoms. The number of hydrogen-bond acceptors (Lipinski definition) is 0. The Bertz CT molecular complexity index is 1880. The number of hydrogen-bond donors (Lipinski definition) is 0. The molecule has 264 valence electrons. The van der Waals surface area contributed by atoms with Crippen LogP contribution in [-0.4, -0.2) is 3.71 Å². The average molecular weight is 795 g/mol. The van der Waals surface area contributed by atoms with Crippen LogP contribution in [0.15, 0.2) is 66.7 Å². The molecule has 4 aromatic rings. The molecule has 0 fully saturated rings. The second kappa shape index (κ2) is 14.9. The van der Waals surface area contributed by atoms with Gasteiger partial charge < -0.3 is 24.8 Å². The molecule has 0 radical (unpaired) electrons. The van der Waals surface area contributed by atoms with Crippen LogP contribution < -0.4 is 24.8 Å². The molecule has 0 saturated carbocycles. The van der Waals surface area contributed by atoms with Crippen LogP contribution in [0.25, 0.3) is 22.3 Å². The summed E-state index contributed by atoms with van der Waals surface area (Å²) in [6.45, 7) is 24.8. The zero-order valence-corrected chi connectivity index (χ0v) is 35.0. The molecule has 4 aromatic carbocycles. The van der Waals surface area contributed by atoms with Gasteiger partial charge in [-0.25, -0.2) is 11.6 Å². The summed E-state index contributed by atoms with van der Waals surface area (Å²) >= 11 is 1.18. The van der Waals surface area contributed by atoms with Crippen LogP contribution in [-0.2, 0) is 53.1 Å². The first-order valence-electron chi connectivity index (χ1n) is 16.7. The molecule has 0 saturated heterocycles. The molecule has 0 aromatic heterocycles. The Balaban J connectivity index is 0.000000229. The molecular formula is C44H47Cl2F3Zr-2. The van der Waals surface area contributed by atoms with Crippen molar-refractivity contribution in [2.75, 3.05) is 0 Å². The van der Waals surface area contributed by atoms with Gasteiger partial charge in [0.1, 0.15) is 0 Å². The van der Waals surface area contributed by atoms with E-state index in [1.165, 1.54) is 109 Å². The van der Waals surface area contributed by atoms with Gasteiger partial charge in [-0.15, -0.1) is 11.6 Å². The van der Waals surface area contributed by atoms with Crippen LogP contribution >= 0.6 is 0 Å². The Labute approximate surface area is 325 Å². The Kier molecular flexibility index (Phi) is 12.5. The van der Waals surface area contributed by atoms with Gasteiger partial charge >= 0.3 is 82.7 Å². The molecule has 0 bridgehead atoms. The van der Waals surface area contributed by atoms with Crippen LogP contribution in [0.1, 0.15) is 124 Å². The van der Waals surface area contributed by atoms with Crippen LogP contribution in [0.3, 0.4) is 0 Å². The predicted octanol–water partition coefficient (Wildman–Crippen LogP) is 6.18. The van der Waals surface area contributed by atoms with Crippen LogP contribution in [0.4, 0.5) is 13.2 Å². The molecule has 0 heterocycles. The van der Waals surface area contributed by atoms with E-state index in [9.17, 15) is 13.2 Å². The van der Waals surface area contributed by atoms with Gasteiger partial charge in [0, 0.05) is 5.41 Å². The van der Waals surface area contributed by atoms with E-state index < -0.39 is 11.7 Å². The van der Waals surface area contributed by atoms with Crippen molar-refractivity contribution in [3.63, 3.8) is 0 Å². The molecule has 0 unspecified atom stereocenters. The zero-order valence-electron chi connectivity index (χ0n) is 31.0. The molecular weight excluding hydrogens is 748 g/mol. The quantitative estimate of drug-likeness (QED) is 0.178. The number of rotatable bonds is 1.